The summed E-state index contributed by atoms with van der Waals surface area (Å²) in [6, 6.07) is 30.1. The monoisotopic (exact) mass is 959 g/mol. The first-order valence-electron chi connectivity index (χ1n) is 25.1. The molecule has 6 N–H and O–H groups in total. The highest BCUT2D eigenvalue weighted by Gasteiger charge is 2.45. The van der Waals surface area contributed by atoms with Crippen LogP contribution in [0.3, 0.4) is 0 Å². The summed E-state index contributed by atoms with van der Waals surface area (Å²) < 4.78 is 5.93. The predicted molar refractivity (Wildman–Crippen MR) is 267 cm³/mol. The van der Waals surface area contributed by atoms with E-state index in [9.17, 15) is 28.8 Å². The molecule has 4 aromatic rings. The number of nitrogens with zero attached hydrogens (tertiary/aromatic N) is 5. The van der Waals surface area contributed by atoms with Crippen LogP contribution in [0, 0.1) is 5.92 Å². The zero-order chi connectivity index (χ0) is 49.2. The molecular weight excluding hydrogens is 899 g/mol. The molecule has 5 aliphatic heterocycles. The van der Waals surface area contributed by atoms with Gasteiger partial charge in [-0.1, -0.05) is 42.5 Å². The lowest BCUT2D eigenvalue weighted by molar-refractivity contribution is -0.136. The van der Waals surface area contributed by atoms with Gasteiger partial charge in [0.2, 0.25) is 11.8 Å². The number of amides is 6. The minimum atomic E-state index is -1.05. The quantitative estimate of drug-likeness (QED) is 0.107. The number of nitrogens with two attached hydrogens (primary N) is 2. The molecule has 16 heteroatoms. The van der Waals surface area contributed by atoms with Gasteiger partial charge in [-0.15, -0.1) is 0 Å². The van der Waals surface area contributed by atoms with Gasteiger partial charge in [0.1, 0.15) is 28.9 Å². The zero-order valence-electron chi connectivity index (χ0n) is 39.9. The van der Waals surface area contributed by atoms with Crippen LogP contribution >= 0.6 is 0 Å². The lowest BCUT2D eigenvalue weighted by Crippen LogP contribution is -2.54. The molecule has 368 valence electrons. The van der Waals surface area contributed by atoms with Crippen molar-refractivity contribution in [2.45, 2.75) is 88.4 Å². The Hall–Kier alpha value is -7.17. The van der Waals surface area contributed by atoms with Crippen molar-refractivity contribution in [2.24, 2.45) is 22.4 Å². The summed E-state index contributed by atoms with van der Waals surface area (Å²) in [6.45, 7) is 6.82. The van der Waals surface area contributed by atoms with Crippen LogP contribution in [0.25, 0.3) is 5.70 Å². The van der Waals surface area contributed by atoms with Crippen molar-refractivity contribution in [3.05, 3.63) is 136 Å². The fraction of sp³-hybridized carbons (Fsp3) is 0.400. The number of para-hydroxylation sites is 1. The van der Waals surface area contributed by atoms with Crippen LogP contribution in [0.5, 0.6) is 11.5 Å². The fourth-order valence-electron chi connectivity index (χ4n) is 11.5. The van der Waals surface area contributed by atoms with Gasteiger partial charge >= 0.3 is 0 Å². The molecule has 4 fully saturated rings. The number of piperidine rings is 2. The van der Waals surface area contributed by atoms with Crippen molar-refractivity contribution in [1.29, 1.82) is 0 Å². The van der Waals surface area contributed by atoms with Crippen molar-refractivity contribution in [1.82, 2.24) is 30.2 Å². The van der Waals surface area contributed by atoms with Gasteiger partial charge in [-0.05, 0) is 134 Å². The number of primary amides is 1. The van der Waals surface area contributed by atoms with Crippen LogP contribution in [0.15, 0.2) is 108 Å². The number of nitrogens with one attached hydrogen (secondary N) is 2. The Labute approximate surface area is 413 Å². The number of amidine groups is 1. The molecule has 1 unspecified atom stereocenters. The fourth-order valence-corrected chi connectivity index (χ4v) is 11.5. The highest BCUT2D eigenvalue weighted by atomic mass is 16.5. The molecule has 0 spiro atoms. The number of rotatable bonds is 12. The first-order chi connectivity index (χ1) is 34.5. The molecule has 0 bridgehead atoms. The molecule has 1 aliphatic carbocycles. The highest BCUT2D eigenvalue weighted by molar-refractivity contribution is 6.25. The molecule has 71 heavy (non-hydrogen) atoms. The number of ether oxygens (including phenoxy) is 1. The summed E-state index contributed by atoms with van der Waals surface area (Å²) in [4.78, 5) is 89.7. The second kappa shape index (κ2) is 20.7. The SMILES string of the molecule is NC(=O)/C(C1=NCC[C@@H](C2CCC(N3CCN(Cc4ccc(C5CCN(C(=O)c6ccc7c(c6)C(=O)N(C6CCC(=O)NC6=O)C7=O)CC5)cc4)CC3)CC2)N1)=C(/N)c1ccc(Oc2ccccc2)cc1. The van der Waals surface area contributed by atoms with Crippen LogP contribution in [-0.2, 0) is 20.9 Å². The van der Waals surface area contributed by atoms with E-state index in [4.69, 9.17) is 21.2 Å². The Morgan fingerprint density at radius 2 is 1.37 bits per heavy atom. The van der Waals surface area contributed by atoms with E-state index in [0.29, 0.717) is 65.9 Å². The van der Waals surface area contributed by atoms with E-state index in [1.54, 1.807) is 11.0 Å². The van der Waals surface area contributed by atoms with Crippen LogP contribution in [0.4, 0.5) is 0 Å². The zero-order valence-corrected chi connectivity index (χ0v) is 39.9. The molecule has 6 aliphatic rings. The van der Waals surface area contributed by atoms with E-state index in [1.165, 1.54) is 23.3 Å². The van der Waals surface area contributed by atoms with Gasteiger partial charge in [0, 0.05) is 76.4 Å². The maximum atomic E-state index is 13.6. The second-order valence-corrected chi connectivity index (χ2v) is 19.8. The molecule has 6 amide bonds. The standard InChI is InChI=1S/C55H61N9O7/c56-49(38-12-17-42(18-13-38)71-41-4-2-1-3-5-41)48(50(57)66)51-58-25-22-45(59-51)37-10-15-40(16-11-37)62-30-28-61(29-31-62)33-34-6-8-35(9-7-34)36-23-26-63(27-24-36)53(68)39-14-19-43-44(32-39)55(70)64(54(43)69)46-20-21-47(65)60-52(46)67/h1-9,12-14,17-19,32,36-37,40,45-46H,10-11,15-16,20-31,33,56H2,(H2,57,66)(H,58,59)(H,60,65,67)/b49-48-/t37?,40?,45-,46?/m0/s1. The minimum Gasteiger partial charge on any atom is -0.457 e. The molecule has 2 atom stereocenters. The summed E-state index contributed by atoms with van der Waals surface area (Å²) >= 11 is 0. The number of aliphatic imine (C=N–C) groups is 1. The average Bonchev–Trinajstić information content (AvgIpc) is 3.64. The minimum absolute atomic E-state index is 0.0422. The van der Waals surface area contributed by atoms with Crippen LogP contribution in [0.1, 0.15) is 111 Å². The summed E-state index contributed by atoms with van der Waals surface area (Å²) in [6.07, 6.45) is 7.17. The van der Waals surface area contributed by atoms with Gasteiger partial charge in [-0.25, -0.2) is 0 Å². The maximum absolute atomic E-state index is 13.6. The van der Waals surface area contributed by atoms with Crippen molar-refractivity contribution in [2.75, 3.05) is 45.8 Å². The average molecular weight is 960 g/mol. The Morgan fingerprint density at radius 3 is 2.06 bits per heavy atom. The van der Waals surface area contributed by atoms with Crippen LogP contribution in [-0.4, -0.2) is 125 Å². The number of hydrogen-bond acceptors (Lipinski definition) is 12. The van der Waals surface area contributed by atoms with Crippen molar-refractivity contribution in [3.63, 3.8) is 0 Å². The Kier molecular flexibility index (Phi) is 13.8. The lowest BCUT2D eigenvalue weighted by atomic mass is 9.79. The molecule has 16 nitrogen and oxygen atoms in total. The molecular formula is C55H61N9O7. The van der Waals surface area contributed by atoms with Gasteiger partial charge in [-0.2, -0.15) is 0 Å². The molecule has 0 radical (unpaired) electrons. The molecule has 1 saturated carbocycles. The third kappa shape index (κ3) is 10.2. The molecule has 3 saturated heterocycles. The van der Waals surface area contributed by atoms with E-state index in [0.717, 1.165) is 88.3 Å². The number of benzene rings is 4. The molecule has 0 aromatic heterocycles. The van der Waals surface area contributed by atoms with E-state index < -0.39 is 35.6 Å². The van der Waals surface area contributed by atoms with Crippen molar-refractivity contribution in [3.8, 4) is 11.5 Å². The number of imide groups is 2. The molecule has 10 rings (SSSR count). The maximum Gasteiger partial charge on any atom is 0.262 e. The Morgan fingerprint density at radius 1 is 0.690 bits per heavy atom. The number of carbonyl (C=O) groups is 6. The topological polar surface area (TPSA) is 213 Å². The van der Waals surface area contributed by atoms with E-state index in [1.807, 2.05) is 54.6 Å². The van der Waals surface area contributed by atoms with E-state index in [-0.39, 0.29) is 41.5 Å². The van der Waals surface area contributed by atoms with Crippen molar-refractivity contribution < 1.29 is 33.5 Å². The van der Waals surface area contributed by atoms with Gasteiger partial charge in [0.15, 0.2) is 0 Å². The lowest BCUT2D eigenvalue weighted by Gasteiger charge is -2.43. The highest BCUT2D eigenvalue weighted by Crippen LogP contribution is 2.35. The van der Waals surface area contributed by atoms with Gasteiger partial charge in [-0.3, -0.25) is 53.8 Å². The summed E-state index contributed by atoms with van der Waals surface area (Å²) in [5.41, 5.74) is 16.9. The summed E-state index contributed by atoms with van der Waals surface area (Å²) in [7, 11) is 0. The van der Waals surface area contributed by atoms with Gasteiger partial charge in [0.25, 0.3) is 23.6 Å². The molecule has 5 heterocycles. The van der Waals surface area contributed by atoms with Crippen LogP contribution in [0.2, 0.25) is 0 Å². The predicted octanol–water partition coefficient (Wildman–Crippen LogP) is 5.19. The Balaban J connectivity index is 0.655. The number of carbonyl (C=O) groups excluding carboxylic acids is 6. The van der Waals surface area contributed by atoms with Crippen LogP contribution < -0.4 is 26.8 Å². The first kappa shape index (κ1) is 47.5. The first-order valence-corrected chi connectivity index (χ1v) is 25.1. The van der Waals surface area contributed by atoms with Gasteiger partial charge in [0.05, 0.1) is 16.8 Å². The molecule has 4 aromatic carbocycles. The number of hydrogen-bond donors (Lipinski definition) is 4. The summed E-state index contributed by atoms with van der Waals surface area (Å²) in [5, 5.41) is 5.80. The largest absolute Gasteiger partial charge is 0.457 e. The normalized spacial score (nSPS) is 23.9. The number of piperazine rings is 1. The van der Waals surface area contributed by atoms with Crippen molar-refractivity contribution >= 4 is 47.0 Å². The Bertz CT molecular complexity index is 2750. The van der Waals surface area contributed by atoms with Gasteiger partial charge < -0.3 is 26.4 Å². The summed E-state index contributed by atoms with van der Waals surface area (Å²) in [5.74, 6) is -0.429. The smallest absolute Gasteiger partial charge is 0.262 e. The van der Waals surface area contributed by atoms with E-state index in [2.05, 4.69) is 44.7 Å². The number of likely N-dealkylation sites (tertiary alicyclic amines) is 1. The van der Waals surface area contributed by atoms with E-state index >= 15 is 0 Å². The third-order valence-electron chi connectivity index (χ3n) is 15.5. The second-order valence-electron chi connectivity index (χ2n) is 19.8. The third-order valence-corrected chi connectivity index (χ3v) is 15.5. The number of fused-ring (bicyclic) bond motifs is 1.